The molecule has 0 aromatic heterocycles. The SMILES string of the molecule is CC1(O)CCCC1NC1CC(O)C1. The average Bonchev–Trinajstić information content (AvgIpc) is 2.28. The van der Waals surface area contributed by atoms with Crippen molar-refractivity contribution in [2.45, 2.75) is 62.8 Å². The Hall–Kier alpha value is -0.120. The van der Waals surface area contributed by atoms with Gasteiger partial charge in [0.25, 0.3) is 0 Å². The van der Waals surface area contributed by atoms with E-state index in [4.69, 9.17) is 5.11 Å². The van der Waals surface area contributed by atoms with Gasteiger partial charge < -0.3 is 15.5 Å². The molecular weight excluding hydrogens is 166 g/mol. The number of aliphatic hydroxyl groups is 2. The molecule has 0 aliphatic heterocycles. The van der Waals surface area contributed by atoms with E-state index in [1.807, 2.05) is 6.92 Å². The molecule has 0 aromatic carbocycles. The molecule has 2 aliphatic carbocycles. The van der Waals surface area contributed by atoms with E-state index in [0.717, 1.165) is 32.1 Å². The molecule has 0 heterocycles. The average molecular weight is 185 g/mol. The van der Waals surface area contributed by atoms with Crippen LogP contribution in [0.4, 0.5) is 0 Å². The first-order chi connectivity index (χ1) is 6.08. The van der Waals surface area contributed by atoms with Gasteiger partial charge >= 0.3 is 0 Å². The maximum atomic E-state index is 9.96. The van der Waals surface area contributed by atoms with Crippen molar-refractivity contribution in [3.8, 4) is 0 Å². The van der Waals surface area contributed by atoms with Gasteiger partial charge in [0.15, 0.2) is 0 Å². The van der Waals surface area contributed by atoms with Gasteiger partial charge in [-0.1, -0.05) is 0 Å². The molecule has 3 nitrogen and oxygen atoms in total. The van der Waals surface area contributed by atoms with Gasteiger partial charge in [-0.25, -0.2) is 0 Å². The molecule has 2 aliphatic rings. The van der Waals surface area contributed by atoms with E-state index in [1.165, 1.54) is 0 Å². The van der Waals surface area contributed by atoms with Crippen molar-refractivity contribution in [2.75, 3.05) is 0 Å². The zero-order valence-corrected chi connectivity index (χ0v) is 8.16. The van der Waals surface area contributed by atoms with Gasteiger partial charge in [0, 0.05) is 12.1 Å². The zero-order chi connectivity index (χ0) is 9.47. The van der Waals surface area contributed by atoms with E-state index in [1.54, 1.807) is 0 Å². The maximum Gasteiger partial charge on any atom is 0.0772 e. The third-order valence-electron chi connectivity index (χ3n) is 3.48. The van der Waals surface area contributed by atoms with Gasteiger partial charge in [0.1, 0.15) is 0 Å². The van der Waals surface area contributed by atoms with Crippen molar-refractivity contribution in [2.24, 2.45) is 0 Å². The van der Waals surface area contributed by atoms with Crippen LogP contribution in [0.5, 0.6) is 0 Å². The molecule has 3 heteroatoms. The molecule has 13 heavy (non-hydrogen) atoms. The van der Waals surface area contributed by atoms with E-state index in [2.05, 4.69) is 5.32 Å². The van der Waals surface area contributed by atoms with Crippen molar-refractivity contribution in [1.82, 2.24) is 5.32 Å². The number of hydrogen-bond donors (Lipinski definition) is 3. The molecule has 76 valence electrons. The Morgan fingerprint density at radius 2 is 2.08 bits per heavy atom. The Labute approximate surface area is 79.2 Å². The summed E-state index contributed by atoms with van der Waals surface area (Å²) in [5, 5.41) is 22.5. The Morgan fingerprint density at radius 1 is 1.38 bits per heavy atom. The Bertz CT molecular complexity index is 187. The second-order valence-electron chi connectivity index (χ2n) is 4.79. The third-order valence-corrected chi connectivity index (χ3v) is 3.48. The van der Waals surface area contributed by atoms with Gasteiger partial charge in [-0.3, -0.25) is 0 Å². The lowest BCUT2D eigenvalue weighted by atomic mass is 9.87. The fraction of sp³-hybridized carbons (Fsp3) is 1.00. The summed E-state index contributed by atoms with van der Waals surface area (Å²) in [6.45, 7) is 1.91. The van der Waals surface area contributed by atoms with Crippen LogP contribution in [0.2, 0.25) is 0 Å². The molecule has 0 bridgehead atoms. The standard InChI is InChI=1S/C10H19NO2/c1-10(13)4-2-3-9(10)11-7-5-8(12)6-7/h7-9,11-13H,2-6H2,1H3. The van der Waals surface area contributed by atoms with Crippen LogP contribution < -0.4 is 5.32 Å². The number of rotatable bonds is 2. The first kappa shape index (κ1) is 9.44. The molecule has 0 radical (unpaired) electrons. The minimum absolute atomic E-state index is 0.108. The monoisotopic (exact) mass is 185 g/mol. The lowest BCUT2D eigenvalue weighted by Gasteiger charge is -2.37. The molecule has 2 saturated carbocycles. The molecule has 3 N–H and O–H groups in total. The minimum Gasteiger partial charge on any atom is -0.393 e. The normalized spacial score (nSPS) is 50.5. The smallest absolute Gasteiger partial charge is 0.0772 e. The van der Waals surface area contributed by atoms with Crippen molar-refractivity contribution < 1.29 is 10.2 Å². The maximum absolute atomic E-state index is 9.96. The van der Waals surface area contributed by atoms with E-state index in [0.29, 0.717) is 6.04 Å². The first-order valence-corrected chi connectivity index (χ1v) is 5.24. The Balaban J connectivity index is 1.81. The second kappa shape index (κ2) is 3.23. The van der Waals surface area contributed by atoms with E-state index in [9.17, 15) is 5.11 Å². The lowest BCUT2D eigenvalue weighted by molar-refractivity contribution is 0.00920. The molecule has 0 saturated heterocycles. The zero-order valence-electron chi connectivity index (χ0n) is 8.16. The molecule has 2 unspecified atom stereocenters. The van der Waals surface area contributed by atoms with Crippen LogP contribution in [0.3, 0.4) is 0 Å². The minimum atomic E-state index is -0.527. The van der Waals surface area contributed by atoms with Crippen LogP contribution >= 0.6 is 0 Å². The number of hydrogen-bond acceptors (Lipinski definition) is 3. The van der Waals surface area contributed by atoms with Crippen molar-refractivity contribution in [1.29, 1.82) is 0 Å². The summed E-state index contributed by atoms with van der Waals surface area (Å²) in [7, 11) is 0. The highest BCUT2D eigenvalue weighted by Crippen LogP contribution is 2.31. The predicted molar refractivity (Wildman–Crippen MR) is 50.4 cm³/mol. The van der Waals surface area contributed by atoms with Crippen LogP contribution in [0, 0.1) is 0 Å². The number of aliphatic hydroxyl groups excluding tert-OH is 1. The molecule has 2 rings (SSSR count). The molecule has 0 aromatic rings. The van der Waals surface area contributed by atoms with Gasteiger partial charge in [0.2, 0.25) is 0 Å². The highest BCUT2D eigenvalue weighted by molar-refractivity contribution is 4.97. The fourth-order valence-electron chi connectivity index (χ4n) is 2.42. The summed E-state index contributed by atoms with van der Waals surface area (Å²) >= 11 is 0. The molecular formula is C10H19NO2. The predicted octanol–water partition coefficient (Wildman–Crippen LogP) is 0.403. The van der Waals surface area contributed by atoms with Crippen LogP contribution in [-0.2, 0) is 0 Å². The summed E-state index contributed by atoms with van der Waals surface area (Å²) < 4.78 is 0. The fourth-order valence-corrected chi connectivity index (χ4v) is 2.42. The molecule has 0 amide bonds. The topological polar surface area (TPSA) is 52.5 Å². The van der Waals surface area contributed by atoms with E-state index >= 15 is 0 Å². The molecule has 0 spiro atoms. The summed E-state index contributed by atoms with van der Waals surface area (Å²) in [4.78, 5) is 0. The Kier molecular flexibility index (Phi) is 2.34. The van der Waals surface area contributed by atoms with Crippen molar-refractivity contribution >= 4 is 0 Å². The lowest BCUT2D eigenvalue weighted by Crippen LogP contribution is -2.54. The van der Waals surface area contributed by atoms with Gasteiger partial charge in [0.05, 0.1) is 11.7 Å². The van der Waals surface area contributed by atoms with E-state index < -0.39 is 5.60 Å². The van der Waals surface area contributed by atoms with Crippen molar-refractivity contribution in [3.63, 3.8) is 0 Å². The Morgan fingerprint density at radius 3 is 2.54 bits per heavy atom. The quantitative estimate of drug-likeness (QED) is 0.584. The van der Waals surface area contributed by atoms with Crippen LogP contribution in [0.1, 0.15) is 39.0 Å². The van der Waals surface area contributed by atoms with Crippen LogP contribution in [0.25, 0.3) is 0 Å². The molecule has 2 atom stereocenters. The van der Waals surface area contributed by atoms with Crippen LogP contribution in [0.15, 0.2) is 0 Å². The largest absolute Gasteiger partial charge is 0.393 e. The first-order valence-electron chi connectivity index (χ1n) is 5.24. The third kappa shape index (κ3) is 1.87. The second-order valence-corrected chi connectivity index (χ2v) is 4.79. The highest BCUT2D eigenvalue weighted by Gasteiger charge is 2.39. The molecule has 2 fully saturated rings. The van der Waals surface area contributed by atoms with Crippen molar-refractivity contribution in [3.05, 3.63) is 0 Å². The van der Waals surface area contributed by atoms with Gasteiger partial charge in [-0.05, 0) is 39.0 Å². The summed E-state index contributed by atoms with van der Waals surface area (Å²) in [5.74, 6) is 0. The van der Waals surface area contributed by atoms with Crippen LogP contribution in [-0.4, -0.2) is 34.0 Å². The van der Waals surface area contributed by atoms with Gasteiger partial charge in [-0.2, -0.15) is 0 Å². The summed E-state index contributed by atoms with van der Waals surface area (Å²) in [6, 6.07) is 0.676. The summed E-state index contributed by atoms with van der Waals surface area (Å²) in [5.41, 5.74) is -0.527. The highest BCUT2D eigenvalue weighted by atomic mass is 16.3. The number of nitrogens with one attached hydrogen (secondary N) is 1. The van der Waals surface area contributed by atoms with Gasteiger partial charge in [-0.15, -0.1) is 0 Å². The van der Waals surface area contributed by atoms with E-state index in [-0.39, 0.29) is 12.1 Å². The summed E-state index contributed by atoms with van der Waals surface area (Å²) in [6.07, 6.45) is 4.68.